The molecule has 1 fully saturated rings. The number of carbonyl (C=O) groups excluding carboxylic acids is 2. The van der Waals surface area contributed by atoms with Crippen LogP contribution in [0.5, 0.6) is 0 Å². The number of alkyl carbamates (subject to hydrolysis) is 1. The van der Waals surface area contributed by atoms with E-state index in [0.29, 0.717) is 18.9 Å². The van der Waals surface area contributed by atoms with Crippen molar-refractivity contribution in [3.8, 4) is 0 Å². The van der Waals surface area contributed by atoms with Gasteiger partial charge >= 0.3 is 6.09 Å². The Labute approximate surface area is 206 Å². The molecule has 192 valence electrons. The zero-order chi connectivity index (χ0) is 25.1. The van der Waals surface area contributed by atoms with Crippen LogP contribution in [0.25, 0.3) is 0 Å². The van der Waals surface area contributed by atoms with Gasteiger partial charge in [-0.2, -0.15) is 0 Å². The fourth-order valence-electron chi connectivity index (χ4n) is 4.72. The average Bonchev–Trinajstić information content (AvgIpc) is 2.76. The van der Waals surface area contributed by atoms with Crippen molar-refractivity contribution in [2.75, 3.05) is 6.54 Å². The van der Waals surface area contributed by atoms with Crippen molar-refractivity contribution >= 4 is 12.0 Å². The highest BCUT2D eigenvalue weighted by atomic mass is 16.6. The first-order valence-corrected chi connectivity index (χ1v) is 13.0. The van der Waals surface area contributed by atoms with Gasteiger partial charge in [0.2, 0.25) is 5.91 Å². The lowest BCUT2D eigenvalue weighted by Gasteiger charge is -2.30. The summed E-state index contributed by atoms with van der Waals surface area (Å²) in [6.07, 6.45) is 6.76. The molecular weight excluding hydrogens is 428 g/mol. The van der Waals surface area contributed by atoms with E-state index in [2.05, 4.69) is 10.6 Å². The maximum atomic E-state index is 13.0. The van der Waals surface area contributed by atoms with Gasteiger partial charge in [0, 0.05) is 12.5 Å². The summed E-state index contributed by atoms with van der Waals surface area (Å²) in [6.45, 7) is 10.1. The van der Waals surface area contributed by atoms with Crippen LogP contribution in [0.2, 0.25) is 0 Å². The predicted molar refractivity (Wildman–Crippen MR) is 136 cm³/mol. The standard InChI is InChI=1S/C28H46N2O4/c1-20(2)23(26(32)29-17-16-21-12-8-6-9-13-21)19-25(31)24(18-22-14-10-7-11-15-22)30-27(33)34-28(3,4)5/h7,10-11,14-15,20-21,23-25,31H,6,8-9,12-13,16-19H2,1-5H3,(H,29,32)(H,30,33)/t23-,24-,25-/m0/s1. The first kappa shape index (κ1) is 28.2. The molecule has 1 saturated carbocycles. The lowest BCUT2D eigenvalue weighted by Crippen LogP contribution is -2.48. The zero-order valence-electron chi connectivity index (χ0n) is 21.8. The van der Waals surface area contributed by atoms with Crippen molar-refractivity contribution < 1.29 is 19.4 Å². The van der Waals surface area contributed by atoms with Crippen LogP contribution in [0.15, 0.2) is 30.3 Å². The summed E-state index contributed by atoms with van der Waals surface area (Å²) >= 11 is 0. The summed E-state index contributed by atoms with van der Waals surface area (Å²) in [6, 6.07) is 9.17. The molecule has 0 aliphatic heterocycles. The summed E-state index contributed by atoms with van der Waals surface area (Å²) < 4.78 is 5.43. The lowest BCUT2D eigenvalue weighted by molar-refractivity contribution is -0.127. The Hall–Kier alpha value is -2.08. The number of rotatable bonds is 11. The minimum absolute atomic E-state index is 0.0133. The van der Waals surface area contributed by atoms with Crippen LogP contribution in [0.1, 0.15) is 85.1 Å². The second-order valence-corrected chi connectivity index (χ2v) is 11.2. The number of hydrogen-bond donors (Lipinski definition) is 3. The van der Waals surface area contributed by atoms with Crippen LogP contribution in [-0.4, -0.2) is 41.4 Å². The normalized spacial score (nSPS) is 17.6. The van der Waals surface area contributed by atoms with Crippen molar-refractivity contribution in [3.05, 3.63) is 35.9 Å². The van der Waals surface area contributed by atoms with Crippen molar-refractivity contribution in [2.24, 2.45) is 17.8 Å². The van der Waals surface area contributed by atoms with Gasteiger partial charge in [0.1, 0.15) is 5.60 Å². The van der Waals surface area contributed by atoms with E-state index in [1.807, 2.05) is 65.0 Å². The number of hydrogen-bond acceptors (Lipinski definition) is 4. The van der Waals surface area contributed by atoms with E-state index in [1.165, 1.54) is 32.1 Å². The number of aliphatic hydroxyl groups excluding tert-OH is 1. The summed E-state index contributed by atoms with van der Waals surface area (Å²) in [4.78, 5) is 25.5. The smallest absolute Gasteiger partial charge is 0.407 e. The molecule has 1 aromatic carbocycles. The third-order valence-corrected chi connectivity index (χ3v) is 6.68. The van der Waals surface area contributed by atoms with E-state index in [4.69, 9.17) is 4.74 Å². The minimum atomic E-state index is -0.885. The maximum Gasteiger partial charge on any atom is 0.407 e. The molecule has 0 saturated heterocycles. The van der Waals surface area contributed by atoms with Crippen LogP contribution >= 0.6 is 0 Å². The molecule has 0 aromatic heterocycles. The van der Waals surface area contributed by atoms with Crippen molar-refractivity contribution in [1.29, 1.82) is 0 Å². The lowest BCUT2D eigenvalue weighted by atomic mass is 9.85. The summed E-state index contributed by atoms with van der Waals surface area (Å²) in [5.41, 5.74) is 0.367. The Bertz CT molecular complexity index is 739. The van der Waals surface area contributed by atoms with E-state index in [-0.39, 0.29) is 24.2 Å². The van der Waals surface area contributed by atoms with Crippen LogP contribution in [-0.2, 0) is 16.0 Å². The topological polar surface area (TPSA) is 87.7 Å². The molecule has 6 heteroatoms. The quantitative estimate of drug-likeness (QED) is 0.410. The number of nitrogens with one attached hydrogen (secondary N) is 2. The second-order valence-electron chi connectivity index (χ2n) is 11.2. The van der Waals surface area contributed by atoms with E-state index in [0.717, 1.165) is 12.0 Å². The maximum absolute atomic E-state index is 13.0. The zero-order valence-corrected chi connectivity index (χ0v) is 21.8. The second kappa shape index (κ2) is 13.7. The van der Waals surface area contributed by atoms with Crippen LogP contribution in [0.3, 0.4) is 0 Å². The van der Waals surface area contributed by atoms with E-state index in [9.17, 15) is 14.7 Å². The number of aliphatic hydroxyl groups is 1. The van der Waals surface area contributed by atoms with Crippen molar-refractivity contribution in [3.63, 3.8) is 0 Å². The molecular formula is C28H46N2O4. The Morgan fingerprint density at radius 3 is 2.32 bits per heavy atom. The highest BCUT2D eigenvalue weighted by Crippen LogP contribution is 2.26. The Kier molecular flexibility index (Phi) is 11.4. The fraction of sp³-hybridized carbons (Fsp3) is 0.714. The molecule has 1 aromatic rings. The van der Waals surface area contributed by atoms with Crippen molar-refractivity contribution in [2.45, 2.75) is 104 Å². The summed E-state index contributed by atoms with van der Waals surface area (Å²) in [7, 11) is 0. The van der Waals surface area contributed by atoms with Gasteiger partial charge in [0.25, 0.3) is 0 Å². The molecule has 1 aliphatic rings. The molecule has 0 unspecified atom stereocenters. The largest absolute Gasteiger partial charge is 0.444 e. The average molecular weight is 475 g/mol. The van der Waals surface area contributed by atoms with Gasteiger partial charge in [-0.15, -0.1) is 0 Å². The van der Waals surface area contributed by atoms with Gasteiger partial charge in [-0.1, -0.05) is 76.3 Å². The van der Waals surface area contributed by atoms with Crippen LogP contribution < -0.4 is 10.6 Å². The molecule has 0 radical (unpaired) electrons. The molecule has 0 bridgehead atoms. The molecule has 2 amide bonds. The van der Waals surface area contributed by atoms with Gasteiger partial charge in [0.15, 0.2) is 0 Å². The predicted octanol–water partition coefficient (Wildman–Crippen LogP) is 5.23. The van der Waals surface area contributed by atoms with Gasteiger partial charge in [-0.05, 0) is 57.4 Å². The van der Waals surface area contributed by atoms with Gasteiger partial charge < -0.3 is 20.5 Å². The van der Waals surface area contributed by atoms with Crippen LogP contribution in [0, 0.1) is 17.8 Å². The molecule has 3 N–H and O–H groups in total. The molecule has 1 aliphatic carbocycles. The minimum Gasteiger partial charge on any atom is -0.444 e. The fourth-order valence-corrected chi connectivity index (χ4v) is 4.72. The Balaban J connectivity index is 2.00. The van der Waals surface area contributed by atoms with E-state index in [1.54, 1.807) is 0 Å². The monoisotopic (exact) mass is 474 g/mol. The Morgan fingerprint density at radius 1 is 1.09 bits per heavy atom. The summed E-state index contributed by atoms with van der Waals surface area (Å²) in [5.74, 6) is 0.439. The highest BCUT2D eigenvalue weighted by molar-refractivity contribution is 5.79. The van der Waals surface area contributed by atoms with Gasteiger partial charge in [-0.25, -0.2) is 4.79 Å². The molecule has 2 rings (SSSR count). The van der Waals surface area contributed by atoms with Crippen molar-refractivity contribution in [1.82, 2.24) is 10.6 Å². The third-order valence-electron chi connectivity index (χ3n) is 6.68. The number of amides is 2. The first-order chi connectivity index (χ1) is 16.0. The van der Waals surface area contributed by atoms with Crippen LogP contribution in [0.4, 0.5) is 4.79 Å². The van der Waals surface area contributed by atoms with E-state index >= 15 is 0 Å². The highest BCUT2D eigenvalue weighted by Gasteiger charge is 2.31. The van der Waals surface area contributed by atoms with Gasteiger partial charge in [-0.3, -0.25) is 4.79 Å². The Morgan fingerprint density at radius 2 is 1.74 bits per heavy atom. The van der Waals surface area contributed by atoms with Gasteiger partial charge in [0.05, 0.1) is 12.1 Å². The molecule has 3 atom stereocenters. The first-order valence-electron chi connectivity index (χ1n) is 13.0. The number of benzene rings is 1. The SMILES string of the molecule is CC(C)[C@H](C[C@H](O)[C@H](Cc1ccccc1)NC(=O)OC(C)(C)C)C(=O)NCCC1CCCCC1. The molecule has 34 heavy (non-hydrogen) atoms. The van der Waals surface area contributed by atoms with E-state index < -0.39 is 23.8 Å². The third kappa shape index (κ3) is 10.5. The molecule has 0 spiro atoms. The number of ether oxygens (including phenoxy) is 1. The number of carbonyl (C=O) groups is 2. The molecule has 0 heterocycles. The molecule has 6 nitrogen and oxygen atoms in total. The summed E-state index contributed by atoms with van der Waals surface area (Å²) in [5, 5.41) is 17.1.